The molecule has 5 aliphatic rings. The van der Waals surface area contributed by atoms with Crippen molar-refractivity contribution in [1.29, 1.82) is 0 Å². The van der Waals surface area contributed by atoms with Crippen LogP contribution in [0.15, 0.2) is 0 Å². The first-order valence-corrected chi connectivity index (χ1v) is 10.3. The van der Waals surface area contributed by atoms with Crippen molar-refractivity contribution in [3.05, 3.63) is 0 Å². The second-order valence-corrected chi connectivity index (χ2v) is 9.31. The first-order chi connectivity index (χ1) is 11.6. The van der Waals surface area contributed by atoms with Crippen molar-refractivity contribution >= 4 is 5.91 Å². The molecule has 0 aliphatic heterocycles. The van der Waals surface area contributed by atoms with Crippen molar-refractivity contribution in [1.82, 2.24) is 5.32 Å². The van der Waals surface area contributed by atoms with Crippen LogP contribution in [0.2, 0.25) is 0 Å². The van der Waals surface area contributed by atoms with E-state index in [0.29, 0.717) is 23.8 Å². The van der Waals surface area contributed by atoms with Crippen LogP contribution in [-0.2, 0) is 4.79 Å². The molecule has 1 unspecified atom stereocenters. The fourth-order valence-corrected chi connectivity index (χ4v) is 6.54. The van der Waals surface area contributed by atoms with Crippen LogP contribution in [0.1, 0.15) is 70.6 Å². The van der Waals surface area contributed by atoms with Crippen LogP contribution >= 0.6 is 0 Å². The Labute approximate surface area is 145 Å². The smallest absolute Gasteiger partial charge is 0.250 e. The third-order valence-corrected chi connectivity index (χ3v) is 7.54. The summed E-state index contributed by atoms with van der Waals surface area (Å²) in [5, 5.41) is 13.6. The van der Waals surface area contributed by atoms with Crippen molar-refractivity contribution in [3.63, 3.8) is 0 Å². The van der Waals surface area contributed by atoms with E-state index in [-0.39, 0.29) is 5.91 Å². The molecule has 136 valence electrons. The van der Waals surface area contributed by atoms with Gasteiger partial charge in [0.05, 0.1) is 0 Å². The highest BCUT2D eigenvalue weighted by Crippen LogP contribution is 2.53. The molecule has 4 nitrogen and oxygen atoms in total. The molecule has 1 amide bonds. The number of nitrogens with one attached hydrogen (secondary N) is 1. The Kier molecular flexibility index (Phi) is 4.88. The Hall–Kier alpha value is -0.610. The van der Waals surface area contributed by atoms with Crippen LogP contribution in [0.25, 0.3) is 0 Å². The molecule has 5 aliphatic carbocycles. The van der Waals surface area contributed by atoms with E-state index in [1.807, 2.05) is 0 Å². The third-order valence-electron chi connectivity index (χ3n) is 7.54. The average Bonchev–Trinajstić information content (AvgIpc) is 2.57. The van der Waals surface area contributed by atoms with E-state index in [0.717, 1.165) is 18.3 Å². The van der Waals surface area contributed by atoms with Gasteiger partial charge in [0.2, 0.25) is 0 Å². The van der Waals surface area contributed by atoms with E-state index in [2.05, 4.69) is 5.32 Å². The molecule has 4 N–H and O–H groups in total. The maximum Gasteiger partial charge on any atom is 0.250 e. The molecular formula is C20H34N2O2. The highest BCUT2D eigenvalue weighted by Gasteiger charge is 2.49. The molecule has 5 rings (SSSR count). The summed E-state index contributed by atoms with van der Waals surface area (Å²) in [5.74, 6) is 3.48. The van der Waals surface area contributed by atoms with Gasteiger partial charge in [0.1, 0.15) is 6.10 Å². The standard InChI is InChI=1S/C20H34N2O2/c21-17(11-12-4-2-1-3-5-12)19(23)20(24)22-18-15-7-13-6-14(9-15)10-16(18)8-13/h12-19,23H,1-11,21H2,(H,22,24)/t13?,14?,15?,16?,17-,18?,19?/m1/s1. The maximum atomic E-state index is 12.6. The predicted octanol–water partition coefficient (Wildman–Crippen LogP) is 2.59. The zero-order valence-corrected chi connectivity index (χ0v) is 14.8. The molecule has 0 radical (unpaired) electrons. The van der Waals surface area contributed by atoms with Crippen LogP contribution in [0.5, 0.6) is 0 Å². The largest absolute Gasteiger partial charge is 0.382 e. The first-order valence-electron chi connectivity index (χ1n) is 10.3. The molecule has 5 saturated carbocycles. The number of aliphatic hydroxyl groups is 1. The lowest BCUT2D eigenvalue weighted by molar-refractivity contribution is -0.134. The number of aliphatic hydroxyl groups excluding tert-OH is 1. The Morgan fingerprint density at radius 1 is 1.00 bits per heavy atom. The minimum atomic E-state index is -1.04. The summed E-state index contributed by atoms with van der Waals surface area (Å²) in [4.78, 5) is 12.6. The van der Waals surface area contributed by atoms with Gasteiger partial charge in [-0.25, -0.2) is 0 Å². The summed E-state index contributed by atoms with van der Waals surface area (Å²) < 4.78 is 0. The molecule has 0 aromatic heterocycles. The number of hydrogen-bond acceptors (Lipinski definition) is 3. The lowest BCUT2D eigenvalue weighted by atomic mass is 9.54. The number of amides is 1. The van der Waals surface area contributed by atoms with Gasteiger partial charge in [-0.05, 0) is 68.1 Å². The lowest BCUT2D eigenvalue weighted by Crippen LogP contribution is -2.59. The van der Waals surface area contributed by atoms with Gasteiger partial charge in [-0.2, -0.15) is 0 Å². The van der Waals surface area contributed by atoms with Gasteiger partial charge in [-0.3, -0.25) is 4.79 Å². The molecule has 4 bridgehead atoms. The Bertz CT molecular complexity index is 433. The summed E-state index contributed by atoms with van der Waals surface area (Å²) in [6.45, 7) is 0. The molecule has 2 atom stereocenters. The second-order valence-electron chi connectivity index (χ2n) is 9.31. The molecule has 5 fully saturated rings. The van der Waals surface area contributed by atoms with Crippen LogP contribution in [0, 0.1) is 29.6 Å². The minimum Gasteiger partial charge on any atom is -0.382 e. The van der Waals surface area contributed by atoms with Crippen molar-refractivity contribution in [2.24, 2.45) is 35.3 Å². The van der Waals surface area contributed by atoms with Gasteiger partial charge in [0.25, 0.3) is 5.91 Å². The van der Waals surface area contributed by atoms with Gasteiger partial charge in [0.15, 0.2) is 0 Å². The zero-order valence-electron chi connectivity index (χ0n) is 14.8. The molecule has 0 aromatic rings. The van der Waals surface area contributed by atoms with Crippen molar-refractivity contribution in [2.75, 3.05) is 0 Å². The van der Waals surface area contributed by atoms with Crippen LogP contribution in [-0.4, -0.2) is 29.2 Å². The fourth-order valence-electron chi connectivity index (χ4n) is 6.54. The van der Waals surface area contributed by atoms with Gasteiger partial charge in [-0.15, -0.1) is 0 Å². The Morgan fingerprint density at radius 3 is 2.17 bits per heavy atom. The summed E-state index contributed by atoms with van der Waals surface area (Å²) in [7, 11) is 0. The first kappa shape index (κ1) is 16.8. The predicted molar refractivity (Wildman–Crippen MR) is 94.1 cm³/mol. The molecule has 0 heterocycles. The van der Waals surface area contributed by atoms with E-state index in [1.165, 1.54) is 64.2 Å². The number of rotatable bonds is 5. The zero-order chi connectivity index (χ0) is 16.7. The van der Waals surface area contributed by atoms with Crippen LogP contribution < -0.4 is 11.1 Å². The summed E-state index contributed by atoms with van der Waals surface area (Å²) >= 11 is 0. The molecule has 0 aromatic carbocycles. The number of carbonyl (C=O) groups is 1. The average molecular weight is 335 g/mol. The molecule has 0 saturated heterocycles. The van der Waals surface area contributed by atoms with E-state index in [9.17, 15) is 9.90 Å². The van der Waals surface area contributed by atoms with Crippen LogP contribution in [0.4, 0.5) is 0 Å². The summed E-state index contributed by atoms with van der Waals surface area (Å²) in [5.41, 5.74) is 6.19. The van der Waals surface area contributed by atoms with E-state index >= 15 is 0 Å². The lowest BCUT2D eigenvalue weighted by Gasteiger charge is -2.54. The summed E-state index contributed by atoms with van der Waals surface area (Å²) in [6.07, 6.45) is 12.6. The second kappa shape index (κ2) is 6.95. The topological polar surface area (TPSA) is 75.3 Å². The Morgan fingerprint density at radius 2 is 1.58 bits per heavy atom. The van der Waals surface area contributed by atoms with Gasteiger partial charge in [0, 0.05) is 12.1 Å². The van der Waals surface area contributed by atoms with Gasteiger partial charge >= 0.3 is 0 Å². The highest BCUT2D eigenvalue weighted by molar-refractivity contribution is 5.81. The van der Waals surface area contributed by atoms with E-state index in [1.54, 1.807) is 0 Å². The number of hydrogen-bond donors (Lipinski definition) is 3. The quantitative estimate of drug-likeness (QED) is 0.723. The minimum absolute atomic E-state index is 0.212. The Balaban J connectivity index is 1.30. The number of carbonyl (C=O) groups excluding carboxylic acids is 1. The highest BCUT2D eigenvalue weighted by atomic mass is 16.3. The third kappa shape index (κ3) is 3.37. The monoisotopic (exact) mass is 334 g/mol. The normalized spacial score (nSPS) is 41.2. The van der Waals surface area contributed by atoms with Crippen LogP contribution in [0.3, 0.4) is 0 Å². The van der Waals surface area contributed by atoms with Crippen molar-refractivity contribution < 1.29 is 9.90 Å². The van der Waals surface area contributed by atoms with Crippen molar-refractivity contribution in [2.45, 2.75) is 88.8 Å². The molecule has 24 heavy (non-hydrogen) atoms. The van der Waals surface area contributed by atoms with E-state index < -0.39 is 12.1 Å². The number of nitrogens with two attached hydrogens (primary N) is 1. The maximum absolute atomic E-state index is 12.6. The van der Waals surface area contributed by atoms with Gasteiger partial charge in [-0.1, -0.05) is 32.1 Å². The molecular weight excluding hydrogens is 300 g/mol. The van der Waals surface area contributed by atoms with Crippen molar-refractivity contribution in [3.8, 4) is 0 Å². The van der Waals surface area contributed by atoms with E-state index in [4.69, 9.17) is 5.73 Å². The summed E-state index contributed by atoms with van der Waals surface area (Å²) in [6, 6.07) is -0.119. The van der Waals surface area contributed by atoms with Gasteiger partial charge < -0.3 is 16.2 Å². The SMILES string of the molecule is N[C@H](CC1CCCCC1)C(O)C(=O)NC1C2CC3CC(C2)CC1C3. The molecule has 0 spiro atoms. The molecule has 4 heteroatoms. The fraction of sp³-hybridized carbons (Fsp3) is 0.950.